The van der Waals surface area contributed by atoms with Crippen molar-refractivity contribution in [2.45, 2.75) is 20.3 Å². The van der Waals surface area contributed by atoms with E-state index in [2.05, 4.69) is 15.4 Å². The van der Waals surface area contributed by atoms with Gasteiger partial charge >= 0.3 is 0 Å². The van der Waals surface area contributed by atoms with E-state index in [1.165, 1.54) is 30.3 Å². The van der Waals surface area contributed by atoms with Crippen molar-refractivity contribution >= 4 is 45.0 Å². The van der Waals surface area contributed by atoms with Crippen LogP contribution in [-0.2, 0) is 14.8 Å². The van der Waals surface area contributed by atoms with Gasteiger partial charge in [-0.05, 0) is 66.1 Å². The maximum Gasteiger partial charge on any atom is 0.255 e. The van der Waals surface area contributed by atoms with Gasteiger partial charge in [-0.2, -0.15) is 0 Å². The summed E-state index contributed by atoms with van der Waals surface area (Å²) in [6, 6.07) is 22.1. The SMILES string of the molecule is CC(C)CC(=O)Nc1ccc(NC(=O)c2ccc(NS(=O)(=O)/C=C/c3ccccc3)cc2)cc1. The van der Waals surface area contributed by atoms with Crippen molar-refractivity contribution in [1.29, 1.82) is 0 Å². The number of carbonyl (C=O) groups excluding carboxylic acids is 2. The fourth-order valence-corrected chi connectivity index (χ4v) is 3.91. The number of rotatable bonds is 9. The van der Waals surface area contributed by atoms with Crippen LogP contribution in [0.3, 0.4) is 0 Å². The Morgan fingerprint density at radius 2 is 1.35 bits per heavy atom. The molecule has 8 heteroatoms. The van der Waals surface area contributed by atoms with Gasteiger partial charge in [0.05, 0.1) is 5.41 Å². The zero-order chi connectivity index (χ0) is 24.6. The van der Waals surface area contributed by atoms with Crippen molar-refractivity contribution < 1.29 is 18.0 Å². The number of anilines is 3. The molecule has 0 aromatic heterocycles. The van der Waals surface area contributed by atoms with E-state index in [4.69, 9.17) is 0 Å². The average Bonchev–Trinajstić information content (AvgIpc) is 2.79. The highest BCUT2D eigenvalue weighted by molar-refractivity contribution is 7.95. The normalized spacial score (nSPS) is 11.4. The molecular weight excluding hydrogens is 450 g/mol. The molecule has 3 aromatic rings. The lowest BCUT2D eigenvalue weighted by Gasteiger charge is -2.10. The smallest absolute Gasteiger partial charge is 0.255 e. The number of benzene rings is 3. The second-order valence-corrected chi connectivity index (χ2v) is 9.68. The molecule has 0 unspecified atom stereocenters. The van der Waals surface area contributed by atoms with Crippen LogP contribution in [-0.4, -0.2) is 20.2 Å². The van der Waals surface area contributed by atoms with Gasteiger partial charge in [0.1, 0.15) is 0 Å². The fraction of sp³-hybridized carbons (Fsp3) is 0.154. The van der Waals surface area contributed by atoms with Gasteiger partial charge < -0.3 is 10.6 Å². The zero-order valence-corrected chi connectivity index (χ0v) is 19.8. The first-order valence-electron chi connectivity index (χ1n) is 10.8. The Labute approximate surface area is 200 Å². The second kappa shape index (κ2) is 11.3. The lowest BCUT2D eigenvalue weighted by atomic mass is 10.1. The molecule has 0 saturated carbocycles. The molecule has 176 valence electrons. The molecule has 2 amide bonds. The monoisotopic (exact) mass is 477 g/mol. The average molecular weight is 478 g/mol. The van der Waals surface area contributed by atoms with Gasteiger partial charge in [0.2, 0.25) is 5.91 Å². The number of nitrogens with one attached hydrogen (secondary N) is 3. The van der Waals surface area contributed by atoms with Gasteiger partial charge in [0, 0.05) is 29.0 Å². The molecule has 0 aliphatic rings. The molecule has 7 nitrogen and oxygen atoms in total. The van der Waals surface area contributed by atoms with E-state index in [0.29, 0.717) is 29.0 Å². The van der Waals surface area contributed by atoms with E-state index in [9.17, 15) is 18.0 Å². The first-order chi connectivity index (χ1) is 16.2. The Morgan fingerprint density at radius 3 is 1.94 bits per heavy atom. The quantitative estimate of drug-likeness (QED) is 0.387. The van der Waals surface area contributed by atoms with E-state index < -0.39 is 10.0 Å². The summed E-state index contributed by atoms with van der Waals surface area (Å²) >= 11 is 0. The molecule has 34 heavy (non-hydrogen) atoms. The van der Waals surface area contributed by atoms with E-state index in [1.807, 2.05) is 32.0 Å². The molecule has 0 aliphatic heterocycles. The third-order valence-electron chi connectivity index (χ3n) is 4.67. The Balaban J connectivity index is 1.56. The van der Waals surface area contributed by atoms with Crippen molar-refractivity contribution in [2.75, 3.05) is 15.4 Å². The minimum Gasteiger partial charge on any atom is -0.326 e. The Hall–Kier alpha value is -3.91. The Bertz CT molecular complexity index is 1250. The first-order valence-corrected chi connectivity index (χ1v) is 12.3. The molecule has 0 bridgehead atoms. The van der Waals surface area contributed by atoms with Gasteiger partial charge in [-0.1, -0.05) is 44.2 Å². The summed E-state index contributed by atoms with van der Waals surface area (Å²) < 4.78 is 27.0. The van der Waals surface area contributed by atoms with Crippen molar-refractivity contribution in [1.82, 2.24) is 0 Å². The predicted octanol–water partition coefficient (Wildman–Crippen LogP) is 5.34. The predicted molar refractivity (Wildman–Crippen MR) is 137 cm³/mol. The van der Waals surface area contributed by atoms with Crippen LogP contribution in [0.25, 0.3) is 6.08 Å². The van der Waals surface area contributed by atoms with E-state index in [-0.39, 0.29) is 17.7 Å². The van der Waals surface area contributed by atoms with E-state index in [0.717, 1.165) is 11.0 Å². The number of amides is 2. The Kier molecular flexibility index (Phi) is 8.21. The van der Waals surface area contributed by atoms with Crippen molar-refractivity contribution in [3.8, 4) is 0 Å². The van der Waals surface area contributed by atoms with Crippen LogP contribution < -0.4 is 15.4 Å². The number of carbonyl (C=O) groups is 2. The summed E-state index contributed by atoms with van der Waals surface area (Å²) in [6.07, 6.45) is 1.94. The van der Waals surface area contributed by atoms with Crippen LogP contribution in [0.2, 0.25) is 0 Å². The lowest BCUT2D eigenvalue weighted by Crippen LogP contribution is -2.14. The van der Waals surface area contributed by atoms with Crippen LogP contribution in [0, 0.1) is 5.92 Å². The summed E-state index contributed by atoms with van der Waals surface area (Å²) in [6.45, 7) is 3.95. The van der Waals surface area contributed by atoms with Gasteiger partial charge in [0.25, 0.3) is 15.9 Å². The maximum atomic E-state index is 12.5. The zero-order valence-electron chi connectivity index (χ0n) is 19.0. The van der Waals surface area contributed by atoms with Crippen LogP contribution in [0.4, 0.5) is 17.1 Å². The Morgan fingerprint density at radius 1 is 0.794 bits per heavy atom. The maximum absolute atomic E-state index is 12.5. The second-order valence-electron chi connectivity index (χ2n) is 8.12. The minimum absolute atomic E-state index is 0.0574. The highest BCUT2D eigenvalue weighted by Crippen LogP contribution is 2.17. The number of hydrogen-bond acceptors (Lipinski definition) is 4. The van der Waals surface area contributed by atoms with Crippen molar-refractivity contribution in [3.63, 3.8) is 0 Å². The third kappa shape index (κ3) is 7.90. The molecule has 3 rings (SSSR count). The first kappa shape index (κ1) is 24.7. The highest BCUT2D eigenvalue weighted by atomic mass is 32.2. The summed E-state index contributed by atoms with van der Waals surface area (Å²) in [5.74, 6) is -0.126. The molecule has 0 radical (unpaired) electrons. The lowest BCUT2D eigenvalue weighted by molar-refractivity contribution is -0.116. The van der Waals surface area contributed by atoms with E-state index >= 15 is 0 Å². The molecule has 3 aromatic carbocycles. The summed E-state index contributed by atoms with van der Waals surface area (Å²) in [5.41, 5.74) is 2.71. The van der Waals surface area contributed by atoms with Crippen LogP contribution in [0.1, 0.15) is 36.2 Å². The molecule has 0 fully saturated rings. The fourth-order valence-electron chi connectivity index (χ4n) is 3.04. The minimum atomic E-state index is -3.70. The van der Waals surface area contributed by atoms with Crippen molar-refractivity contribution in [2.24, 2.45) is 5.92 Å². The van der Waals surface area contributed by atoms with E-state index in [1.54, 1.807) is 36.4 Å². The molecule has 0 heterocycles. The molecular formula is C26H27N3O4S. The van der Waals surface area contributed by atoms with Crippen molar-refractivity contribution in [3.05, 3.63) is 95.4 Å². The molecule has 0 aliphatic carbocycles. The molecule has 3 N–H and O–H groups in total. The van der Waals surface area contributed by atoms with Crippen LogP contribution in [0.5, 0.6) is 0 Å². The van der Waals surface area contributed by atoms with Crippen LogP contribution in [0.15, 0.2) is 84.3 Å². The molecule has 0 atom stereocenters. The van der Waals surface area contributed by atoms with Gasteiger partial charge in [-0.25, -0.2) is 8.42 Å². The summed E-state index contributed by atoms with van der Waals surface area (Å²) in [5, 5.41) is 6.69. The number of hydrogen-bond donors (Lipinski definition) is 3. The van der Waals surface area contributed by atoms with Gasteiger partial charge in [0.15, 0.2) is 0 Å². The standard InChI is InChI=1S/C26H27N3O4S/c1-19(2)18-25(30)27-22-12-14-23(15-13-22)28-26(31)21-8-10-24(11-9-21)29-34(32,33)17-16-20-6-4-3-5-7-20/h3-17,19,29H,18H2,1-2H3,(H,27,30)(H,28,31)/b17-16+. The highest BCUT2D eigenvalue weighted by Gasteiger charge is 2.10. The van der Waals surface area contributed by atoms with Crippen LogP contribution >= 0.6 is 0 Å². The van der Waals surface area contributed by atoms with Gasteiger partial charge in [-0.3, -0.25) is 14.3 Å². The summed E-state index contributed by atoms with van der Waals surface area (Å²) in [7, 11) is -3.70. The molecule has 0 saturated heterocycles. The molecule has 0 spiro atoms. The number of sulfonamides is 1. The third-order valence-corrected chi connectivity index (χ3v) is 5.68. The summed E-state index contributed by atoms with van der Waals surface area (Å²) in [4.78, 5) is 24.4. The van der Waals surface area contributed by atoms with Gasteiger partial charge in [-0.15, -0.1) is 0 Å². The topological polar surface area (TPSA) is 104 Å². The largest absolute Gasteiger partial charge is 0.326 e.